The van der Waals surface area contributed by atoms with Gasteiger partial charge in [-0.15, -0.1) is 0 Å². The molecule has 1 aromatic carbocycles. The summed E-state index contributed by atoms with van der Waals surface area (Å²) < 4.78 is 0. The van der Waals surface area contributed by atoms with Crippen molar-refractivity contribution in [1.82, 2.24) is 20.4 Å². The normalized spacial score (nSPS) is 14.3. The summed E-state index contributed by atoms with van der Waals surface area (Å²) in [5, 5.41) is 5.82. The minimum atomic E-state index is -0.190. The fourth-order valence-corrected chi connectivity index (χ4v) is 3.62. The van der Waals surface area contributed by atoms with Crippen LogP contribution in [-0.4, -0.2) is 60.9 Å². The molecule has 0 bridgehead atoms. The summed E-state index contributed by atoms with van der Waals surface area (Å²) in [5.74, 6) is 0.150. The Morgan fingerprint density at radius 1 is 1.03 bits per heavy atom. The van der Waals surface area contributed by atoms with Gasteiger partial charge in [0.2, 0.25) is 11.8 Å². The predicted molar refractivity (Wildman–Crippen MR) is 118 cm³/mol. The molecule has 7 heteroatoms. The number of urea groups is 1. The number of carbonyl (C=O) groups is 3. The molecule has 1 aliphatic heterocycles. The van der Waals surface area contributed by atoms with Gasteiger partial charge in [-0.05, 0) is 24.8 Å². The second-order valence-corrected chi connectivity index (χ2v) is 7.98. The van der Waals surface area contributed by atoms with Crippen molar-refractivity contribution in [2.45, 2.75) is 52.0 Å². The Bertz CT molecular complexity index is 672. The molecule has 1 aromatic rings. The molecule has 1 saturated heterocycles. The Labute approximate surface area is 180 Å². The van der Waals surface area contributed by atoms with Crippen LogP contribution >= 0.6 is 0 Å². The second-order valence-electron chi connectivity index (χ2n) is 7.98. The van der Waals surface area contributed by atoms with Crippen LogP contribution in [0.4, 0.5) is 4.79 Å². The maximum Gasteiger partial charge on any atom is 0.317 e. The molecule has 1 aliphatic rings. The van der Waals surface area contributed by atoms with Crippen LogP contribution < -0.4 is 10.6 Å². The molecule has 4 amide bonds. The molecule has 0 saturated carbocycles. The second kappa shape index (κ2) is 12.9. The summed E-state index contributed by atoms with van der Waals surface area (Å²) in [6, 6.07) is 9.59. The quantitative estimate of drug-likeness (QED) is 0.576. The van der Waals surface area contributed by atoms with Crippen LogP contribution in [0.15, 0.2) is 30.3 Å². The first kappa shape index (κ1) is 23.7. The molecule has 2 rings (SSSR count). The molecule has 0 unspecified atom stereocenters. The zero-order valence-corrected chi connectivity index (χ0v) is 18.4. The summed E-state index contributed by atoms with van der Waals surface area (Å²) in [6.45, 7) is 4.93. The molecule has 30 heavy (non-hydrogen) atoms. The van der Waals surface area contributed by atoms with E-state index in [1.807, 2.05) is 30.3 Å². The van der Waals surface area contributed by atoms with E-state index >= 15 is 0 Å². The monoisotopic (exact) mass is 416 g/mol. The van der Waals surface area contributed by atoms with Gasteiger partial charge in [0, 0.05) is 52.1 Å². The fourth-order valence-electron chi connectivity index (χ4n) is 3.62. The van der Waals surface area contributed by atoms with Gasteiger partial charge in [-0.1, -0.05) is 50.1 Å². The first-order valence-electron chi connectivity index (χ1n) is 11.1. The lowest BCUT2D eigenvalue weighted by molar-refractivity contribution is -0.135. The van der Waals surface area contributed by atoms with Gasteiger partial charge < -0.3 is 20.4 Å². The fraction of sp³-hybridized carbons (Fsp3) is 0.609. The lowest BCUT2D eigenvalue weighted by Gasteiger charge is -2.31. The number of unbranched alkanes of at least 4 members (excludes halogenated alkanes) is 2. The van der Waals surface area contributed by atoms with Gasteiger partial charge in [0.25, 0.3) is 0 Å². The number of amides is 4. The maximum atomic E-state index is 12.4. The number of benzene rings is 1. The highest BCUT2D eigenvalue weighted by molar-refractivity contribution is 5.80. The van der Waals surface area contributed by atoms with Crippen molar-refractivity contribution in [2.24, 2.45) is 5.92 Å². The molecular formula is C23H36N4O3. The molecule has 7 nitrogen and oxygen atoms in total. The Kier molecular flexibility index (Phi) is 10.2. The largest absolute Gasteiger partial charge is 0.356 e. The molecule has 0 aliphatic carbocycles. The Morgan fingerprint density at radius 2 is 1.73 bits per heavy atom. The van der Waals surface area contributed by atoms with E-state index in [4.69, 9.17) is 0 Å². The van der Waals surface area contributed by atoms with Crippen LogP contribution in [0, 0.1) is 5.92 Å². The van der Waals surface area contributed by atoms with E-state index in [9.17, 15) is 14.4 Å². The molecule has 0 radical (unpaired) electrons. The van der Waals surface area contributed by atoms with Crippen molar-refractivity contribution in [2.75, 3.05) is 33.2 Å². The number of hydrogen-bond donors (Lipinski definition) is 2. The smallest absolute Gasteiger partial charge is 0.317 e. The Hall–Kier alpha value is -2.57. The zero-order chi connectivity index (χ0) is 21.8. The number of carbonyl (C=O) groups excluding carboxylic acids is 3. The molecule has 0 aromatic heterocycles. The van der Waals surface area contributed by atoms with Crippen LogP contribution in [0.2, 0.25) is 0 Å². The van der Waals surface area contributed by atoms with E-state index in [0.29, 0.717) is 39.0 Å². The third kappa shape index (κ3) is 8.05. The van der Waals surface area contributed by atoms with E-state index in [2.05, 4.69) is 17.6 Å². The minimum absolute atomic E-state index is 0.00187. The zero-order valence-electron chi connectivity index (χ0n) is 18.4. The lowest BCUT2D eigenvalue weighted by Crippen LogP contribution is -2.44. The van der Waals surface area contributed by atoms with Crippen LogP contribution in [0.1, 0.15) is 51.0 Å². The van der Waals surface area contributed by atoms with E-state index in [0.717, 1.165) is 31.4 Å². The van der Waals surface area contributed by atoms with Crippen molar-refractivity contribution >= 4 is 17.8 Å². The lowest BCUT2D eigenvalue weighted by atomic mass is 9.95. The topological polar surface area (TPSA) is 81.8 Å². The number of rotatable bonds is 10. The Morgan fingerprint density at radius 3 is 2.40 bits per heavy atom. The average Bonchev–Trinajstić information content (AvgIpc) is 2.77. The van der Waals surface area contributed by atoms with Gasteiger partial charge in [-0.3, -0.25) is 9.59 Å². The first-order valence-corrected chi connectivity index (χ1v) is 11.1. The van der Waals surface area contributed by atoms with Gasteiger partial charge >= 0.3 is 6.03 Å². The van der Waals surface area contributed by atoms with Crippen molar-refractivity contribution in [3.63, 3.8) is 0 Å². The molecule has 166 valence electrons. The highest BCUT2D eigenvalue weighted by atomic mass is 16.2. The highest BCUT2D eigenvalue weighted by Gasteiger charge is 2.26. The summed E-state index contributed by atoms with van der Waals surface area (Å²) in [4.78, 5) is 40.2. The number of nitrogens with one attached hydrogen (secondary N) is 2. The first-order chi connectivity index (χ1) is 14.5. The van der Waals surface area contributed by atoms with Crippen LogP contribution in [0.25, 0.3) is 0 Å². The summed E-state index contributed by atoms with van der Waals surface area (Å²) in [6.07, 6.45) is 4.98. The minimum Gasteiger partial charge on any atom is -0.356 e. The predicted octanol–water partition coefficient (Wildman–Crippen LogP) is 2.76. The average molecular weight is 417 g/mol. The molecule has 0 atom stereocenters. The standard InChI is InChI=1S/C23H36N4O3/c1-3-4-8-14-24-22(29)20-12-16-27(17-13-20)21(28)11-15-25-23(30)26(2)18-19-9-6-5-7-10-19/h5-7,9-10,20H,3-4,8,11-18H2,1-2H3,(H,24,29)(H,25,30). The van der Waals surface area contributed by atoms with Gasteiger partial charge in [0.15, 0.2) is 0 Å². The van der Waals surface area contributed by atoms with Crippen LogP contribution in [0.3, 0.4) is 0 Å². The summed E-state index contributed by atoms with van der Waals surface area (Å²) >= 11 is 0. The molecule has 0 spiro atoms. The Balaban J connectivity index is 1.61. The van der Waals surface area contributed by atoms with Crippen LogP contribution in [-0.2, 0) is 16.1 Å². The van der Waals surface area contributed by atoms with Gasteiger partial charge in [-0.25, -0.2) is 4.79 Å². The van der Waals surface area contributed by atoms with Crippen LogP contribution in [0.5, 0.6) is 0 Å². The maximum absolute atomic E-state index is 12.4. The van der Waals surface area contributed by atoms with Crippen molar-refractivity contribution < 1.29 is 14.4 Å². The van der Waals surface area contributed by atoms with Crippen molar-refractivity contribution in [3.05, 3.63) is 35.9 Å². The highest BCUT2D eigenvalue weighted by Crippen LogP contribution is 2.18. The summed E-state index contributed by atoms with van der Waals surface area (Å²) in [5.41, 5.74) is 1.06. The number of piperidine rings is 1. The van der Waals surface area contributed by atoms with E-state index in [1.165, 1.54) is 0 Å². The van der Waals surface area contributed by atoms with E-state index < -0.39 is 0 Å². The van der Waals surface area contributed by atoms with Gasteiger partial charge in [0.05, 0.1) is 0 Å². The third-order valence-corrected chi connectivity index (χ3v) is 5.52. The van der Waals surface area contributed by atoms with E-state index in [-0.39, 0.29) is 30.2 Å². The number of likely N-dealkylation sites (tertiary alicyclic amines) is 1. The SMILES string of the molecule is CCCCCNC(=O)C1CCN(C(=O)CCNC(=O)N(C)Cc2ccccc2)CC1. The molecule has 1 fully saturated rings. The molecule has 1 heterocycles. The van der Waals surface area contributed by atoms with Gasteiger partial charge in [0.1, 0.15) is 0 Å². The van der Waals surface area contributed by atoms with Crippen molar-refractivity contribution in [1.29, 1.82) is 0 Å². The summed E-state index contributed by atoms with van der Waals surface area (Å²) in [7, 11) is 1.74. The molecular weight excluding hydrogens is 380 g/mol. The van der Waals surface area contributed by atoms with E-state index in [1.54, 1.807) is 16.8 Å². The third-order valence-electron chi connectivity index (χ3n) is 5.52. The van der Waals surface area contributed by atoms with Crippen molar-refractivity contribution in [3.8, 4) is 0 Å². The van der Waals surface area contributed by atoms with Gasteiger partial charge in [-0.2, -0.15) is 0 Å². The number of nitrogens with zero attached hydrogens (tertiary/aromatic N) is 2. The number of hydrogen-bond acceptors (Lipinski definition) is 3. The molecule has 2 N–H and O–H groups in total.